The zero-order valence-electron chi connectivity index (χ0n) is 10.6. The van der Waals surface area contributed by atoms with E-state index in [1.54, 1.807) is 0 Å². The number of halogens is 3. The lowest BCUT2D eigenvalue weighted by Crippen LogP contribution is -2.35. The molecule has 0 aliphatic heterocycles. The first kappa shape index (κ1) is 16.7. The Kier molecular flexibility index (Phi) is 5.37. The Labute approximate surface area is 114 Å². The average Bonchev–Trinajstić information content (AvgIpc) is 2.34. The SMILES string of the molecule is CN(CC(F)(F)F)S(=O)(=O)c1ccc(OCCO)cc1. The molecular weight excluding hydrogens is 299 g/mol. The normalized spacial score (nSPS) is 12.7. The Morgan fingerprint density at radius 2 is 1.80 bits per heavy atom. The van der Waals surface area contributed by atoms with Gasteiger partial charge in [-0.1, -0.05) is 0 Å². The molecule has 0 fully saturated rings. The zero-order valence-corrected chi connectivity index (χ0v) is 11.4. The molecule has 1 aromatic rings. The number of rotatable bonds is 6. The number of aliphatic hydroxyl groups is 1. The first-order valence-corrected chi connectivity index (χ1v) is 6.97. The van der Waals surface area contributed by atoms with Crippen LogP contribution in [-0.4, -0.2) is 50.8 Å². The van der Waals surface area contributed by atoms with Crippen LogP contribution in [0.1, 0.15) is 0 Å². The lowest BCUT2D eigenvalue weighted by molar-refractivity contribution is -0.134. The highest BCUT2D eigenvalue weighted by molar-refractivity contribution is 7.89. The van der Waals surface area contributed by atoms with Gasteiger partial charge in [-0.15, -0.1) is 0 Å². The van der Waals surface area contributed by atoms with Crippen molar-refractivity contribution in [3.63, 3.8) is 0 Å². The van der Waals surface area contributed by atoms with Crippen LogP contribution in [0.5, 0.6) is 5.75 Å². The van der Waals surface area contributed by atoms with Crippen molar-refractivity contribution in [2.75, 3.05) is 26.8 Å². The van der Waals surface area contributed by atoms with E-state index >= 15 is 0 Å². The molecule has 1 N–H and O–H groups in total. The molecule has 1 aromatic carbocycles. The van der Waals surface area contributed by atoms with Crippen molar-refractivity contribution < 1.29 is 31.4 Å². The molecule has 0 saturated heterocycles. The van der Waals surface area contributed by atoms with Crippen molar-refractivity contribution in [1.29, 1.82) is 0 Å². The summed E-state index contributed by atoms with van der Waals surface area (Å²) in [7, 11) is -3.34. The predicted molar refractivity (Wildman–Crippen MR) is 64.9 cm³/mol. The van der Waals surface area contributed by atoms with Gasteiger partial charge in [0.2, 0.25) is 10.0 Å². The van der Waals surface area contributed by atoms with Crippen LogP contribution in [0, 0.1) is 0 Å². The van der Waals surface area contributed by atoms with Gasteiger partial charge in [0.25, 0.3) is 0 Å². The summed E-state index contributed by atoms with van der Waals surface area (Å²) in [4.78, 5) is -0.263. The number of benzene rings is 1. The monoisotopic (exact) mass is 313 g/mol. The maximum atomic E-state index is 12.2. The molecule has 0 heterocycles. The van der Waals surface area contributed by atoms with Crippen LogP contribution in [0.4, 0.5) is 13.2 Å². The summed E-state index contributed by atoms with van der Waals surface area (Å²) in [5, 5.41) is 8.56. The van der Waals surface area contributed by atoms with E-state index in [9.17, 15) is 21.6 Å². The Morgan fingerprint density at radius 1 is 1.25 bits per heavy atom. The van der Waals surface area contributed by atoms with Crippen molar-refractivity contribution in [3.8, 4) is 5.75 Å². The van der Waals surface area contributed by atoms with Crippen LogP contribution < -0.4 is 4.74 Å². The van der Waals surface area contributed by atoms with Crippen LogP contribution in [0.15, 0.2) is 29.2 Å². The van der Waals surface area contributed by atoms with Gasteiger partial charge in [0.15, 0.2) is 0 Å². The minimum Gasteiger partial charge on any atom is -0.491 e. The highest BCUT2D eigenvalue weighted by atomic mass is 32.2. The third-order valence-corrected chi connectivity index (χ3v) is 4.11. The second-order valence-corrected chi connectivity index (χ2v) is 5.96. The first-order chi connectivity index (χ1) is 9.16. The van der Waals surface area contributed by atoms with E-state index in [0.717, 1.165) is 19.2 Å². The molecule has 0 bridgehead atoms. The summed E-state index contributed by atoms with van der Waals surface area (Å²) in [5.41, 5.74) is 0. The number of nitrogens with zero attached hydrogens (tertiary/aromatic N) is 1. The fourth-order valence-corrected chi connectivity index (χ4v) is 2.54. The largest absolute Gasteiger partial charge is 0.491 e. The summed E-state index contributed by atoms with van der Waals surface area (Å²) in [6.45, 7) is -1.72. The van der Waals surface area contributed by atoms with Gasteiger partial charge >= 0.3 is 6.18 Å². The molecule has 0 aromatic heterocycles. The molecule has 5 nitrogen and oxygen atoms in total. The maximum Gasteiger partial charge on any atom is 0.402 e. The van der Waals surface area contributed by atoms with Gasteiger partial charge < -0.3 is 9.84 Å². The number of hydrogen-bond acceptors (Lipinski definition) is 4. The number of alkyl halides is 3. The molecule has 1 rings (SSSR count). The molecule has 9 heteroatoms. The van der Waals surface area contributed by atoms with E-state index in [0.29, 0.717) is 5.75 Å². The van der Waals surface area contributed by atoms with E-state index in [4.69, 9.17) is 9.84 Å². The molecular formula is C11H14F3NO4S. The van der Waals surface area contributed by atoms with Crippen molar-refractivity contribution in [1.82, 2.24) is 4.31 Å². The molecule has 0 amide bonds. The quantitative estimate of drug-likeness (QED) is 0.858. The number of sulfonamides is 1. The lowest BCUT2D eigenvalue weighted by atomic mass is 10.3. The fraction of sp³-hybridized carbons (Fsp3) is 0.455. The van der Waals surface area contributed by atoms with Crippen molar-refractivity contribution in [2.45, 2.75) is 11.1 Å². The molecule has 0 atom stereocenters. The number of aliphatic hydroxyl groups excluding tert-OH is 1. The Morgan fingerprint density at radius 3 is 2.25 bits per heavy atom. The highest BCUT2D eigenvalue weighted by Crippen LogP contribution is 2.22. The molecule has 0 aliphatic rings. The Hall–Kier alpha value is -1.32. The summed E-state index contributed by atoms with van der Waals surface area (Å²) in [5.74, 6) is 0.316. The molecule has 0 aliphatic carbocycles. The van der Waals surface area contributed by atoms with Gasteiger partial charge in [-0.2, -0.15) is 17.5 Å². The van der Waals surface area contributed by atoms with Crippen LogP contribution in [0.3, 0.4) is 0 Å². The number of hydrogen-bond donors (Lipinski definition) is 1. The van der Waals surface area contributed by atoms with E-state index in [-0.39, 0.29) is 22.4 Å². The third-order valence-electron chi connectivity index (χ3n) is 2.29. The third kappa shape index (κ3) is 4.66. The van der Waals surface area contributed by atoms with Gasteiger partial charge in [0.05, 0.1) is 11.5 Å². The van der Waals surface area contributed by atoms with E-state index in [1.165, 1.54) is 12.1 Å². The zero-order chi connectivity index (χ0) is 15.4. The van der Waals surface area contributed by atoms with E-state index in [1.807, 2.05) is 0 Å². The maximum absolute atomic E-state index is 12.2. The van der Waals surface area contributed by atoms with Crippen LogP contribution >= 0.6 is 0 Å². The topological polar surface area (TPSA) is 66.8 Å². The van der Waals surface area contributed by atoms with Gasteiger partial charge in [-0.3, -0.25) is 0 Å². The van der Waals surface area contributed by atoms with E-state index in [2.05, 4.69) is 0 Å². The molecule has 0 spiro atoms. The van der Waals surface area contributed by atoms with Crippen molar-refractivity contribution in [3.05, 3.63) is 24.3 Å². The summed E-state index contributed by atoms with van der Waals surface area (Å²) in [6, 6.07) is 4.91. The van der Waals surface area contributed by atoms with Gasteiger partial charge in [-0.05, 0) is 24.3 Å². The Bertz CT molecular complexity index is 528. The van der Waals surface area contributed by atoms with Crippen molar-refractivity contribution >= 4 is 10.0 Å². The van der Waals surface area contributed by atoms with Crippen molar-refractivity contribution in [2.24, 2.45) is 0 Å². The second-order valence-electron chi connectivity index (χ2n) is 3.92. The summed E-state index contributed by atoms with van der Waals surface area (Å²) in [6.07, 6.45) is -4.61. The summed E-state index contributed by atoms with van der Waals surface area (Å²) >= 11 is 0. The molecule has 20 heavy (non-hydrogen) atoms. The fourth-order valence-electron chi connectivity index (χ4n) is 1.39. The van der Waals surface area contributed by atoms with Gasteiger partial charge in [0.1, 0.15) is 18.9 Å². The van der Waals surface area contributed by atoms with Gasteiger partial charge in [0, 0.05) is 7.05 Å². The average molecular weight is 313 g/mol. The standard InChI is InChI=1S/C11H14F3NO4S/c1-15(8-11(12,13)14)20(17,18)10-4-2-9(3-5-10)19-7-6-16/h2-5,16H,6-8H2,1H3. The Balaban J connectivity index is 2.87. The van der Waals surface area contributed by atoms with Crippen LogP contribution in [0.25, 0.3) is 0 Å². The second kappa shape index (κ2) is 6.42. The smallest absolute Gasteiger partial charge is 0.402 e. The van der Waals surface area contributed by atoms with Gasteiger partial charge in [-0.25, -0.2) is 8.42 Å². The predicted octanol–water partition coefficient (Wildman–Crippen LogP) is 1.24. The van der Waals surface area contributed by atoms with Crippen LogP contribution in [0.2, 0.25) is 0 Å². The molecule has 0 radical (unpaired) electrons. The summed E-state index contributed by atoms with van der Waals surface area (Å²) < 4.78 is 65.6. The highest BCUT2D eigenvalue weighted by Gasteiger charge is 2.34. The number of ether oxygens (including phenoxy) is 1. The van der Waals surface area contributed by atoms with E-state index < -0.39 is 22.7 Å². The minimum absolute atomic E-state index is 0.0417. The lowest BCUT2D eigenvalue weighted by Gasteiger charge is -2.18. The molecule has 0 saturated carbocycles. The minimum atomic E-state index is -4.61. The molecule has 0 unspecified atom stereocenters. The molecule has 114 valence electrons. The van der Waals surface area contributed by atoms with Crippen LogP contribution in [-0.2, 0) is 10.0 Å². The first-order valence-electron chi connectivity index (χ1n) is 5.53.